The van der Waals surface area contributed by atoms with Gasteiger partial charge in [-0.05, 0) is 78.1 Å². The molecule has 0 aliphatic heterocycles. The van der Waals surface area contributed by atoms with Crippen LogP contribution >= 0.6 is 7.60 Å². The first-order valence-corrected chi connectivity index (χ1v) is 21.5. The number of ether oxygens (including phenoxy) is 1. The second-order valence-corrected chi connectivity index (χ2v) is 21.4. The van der Waals surface area contributed by atoms with Crippen LogP contribution < -0.4 is 20.1 Å². The van der Waals surface area contributed by atoms with Crippen molar-refractivity contribution in [2.24, 2.45) is 0 Å². The molecule has 0 fully saturated rings. The van der Waals surface area contributed by atoms with Gasteiger partial charge in [0.05, 0.1) is 31.3 Å². The van der Waals surface area contributed by atoms with Crippen molar-refractivity contribution in [3.8, 4) is 11.5 Å². The van der Waals surface area contributed by atoms with Crippen molar-refractivity contribution < 1.29 is 41.8 Å². The molecule has 0 spiro atoms. The number of phenolic OH excluding ortho intramolecular Hbond substituents is 1. The molecule has 0 aliphatic rings. The zero-order valence-electron chi connectivity index (χ0n) is 28.0. The van der Waals surface area contributed by atoms with Gasteiger partial charge >= 0.3 is 7.60 Å². The lowest BCUT2D eigenvalue weighted by molar-refractivity contribution is -0.122. The summed E-state index contributed by atoms with van der Waals surface area (Å²) < 4.78 is 49.9. The van der Waals surface area contributed by atoms with Gasteiger partial charge in [0.25, 0.3) is 0 Å². The lowest BCUT2D eigenvalue weighted by Gasteiger charge is -2.40. The second-order valence-electron chi connectivity index (χ2n) is 13.2. The lowest BCUT2D eigenvalue weighted by Crippen LogP contribution is -2.52. The van der Waals surface area contributed by atoms with Gasteiger partial charge in [0, 0.05) is 12.2 Å². The molecule has 2 atom stereocenters. The van der Waals surface area contributed by atoms with Gasteiger partial charge in [-0.2, -0.15) is 0 Å². The topological polar surface area (TPSA) is 184 Å². The first kappa shape index (κ1) is 38.2. The Labute approximate surface area is 278 Å². The minimum atomic E-state index is -4.25. The van der Waals surface area contributed by atoms with Gasteiger partial charge < -0.3 is 29.4 Å². The van der Waals surface area contributed by atoms with Crippen LogP contribution in [-0.4, -0.2) is 57.4 Å². The quantitative estimate of drug-likeness (QED) is 0.0695. The number of methoxy groups -OCH3 is 1. The fourth-order valence-electron chi connectivity index (χ4n) is 4.52. The van der Waals surface area contributed by atoms with Gasteiger partial charge in [0.2, 0.25) is 15.9 Å². The maximum Gasteiger partial charge on any atom is 0.329 e. The third-order valence-electron chi connectivity index (χ3n) is 8.29. The summed E-state index contributed by atoms with van der Waals surface area (Å²) in [5.41, 5.74) is 0.726. The molecule has 0 aromatic heterocycles. The highest BCUT2D eigenvalue weighted by molar-refractivity contribution is 7.92. The number of aromatic hydroxyl groups is 1. The van der Waals surface area contributed by atoms with Crippen LogP contribution in [0.3, 0.4) is 0 Å². The van der Waals surface area contributed by atoms with E-state index in [1.807, 2.05) is 0 Å². The number of rotatable bonds is 14. The molecule has 0 aliphatic carbocycles. The molecule has 15 heteroatoms. The van der Waals surface area contributed by atoms with Crippen molar-refractivity contribution in [2.75, 3.05) is 29.9 Å². The summed E-state index contributed by atoms with van der Waals surface area (Å²) in [7, 11) is -8.84. The fraction of sp³-hybridized carbons (Fsp3) is 0.406. The van der Waals surface area contributed by atoms with E-state index < -0.39 is 49.6 Å². The highest BCUT2D eigenvalue weighted by Gasteiger charge is 2.41. The molecule has 0 saturated heterocycles. The number of hydrogen-bond donors (Lipinski definition) is 6. The summed E-state index contributed by atoms with van der Waals surface area (Å²) in [6, 6.07) is 17.9. The smallest absolute Gasteiger partial charge is 0.329 e. The number of benzene rings is 3. The Kier molecular flexibility index (Phi) is 11.8. The van der Waals surface area contributed by atoms with Crippen LogP contribution in [0, 0.1) is 0 Å². The predicted molar refractivity (Wildman–Crippen MR) is 187 cm³/mol. The molecule has 12 nitrogen and oxygen atoms in total. The van der Waals surface area contributed by atoms with Crippen LogP contribution in [0.4, 0.5) is 11.4 Å². The van der Waals surface area contributed by atoms with Crippen LogP contribution in [0.5, 0.6) is 11.5 Å². The predicted octanol–water partition coefficient (Wildman–Crippen LogP) is 5.66. The van der Waals surface area contributed by atoms with E-state index in [0.29, 0.717) is 28.1 Å². The zero-order chi connectivity index (χ0) is 35.4. The molecule has 258 valence electrons. The molecular formula is C32H46N3O9PSSi. The van der Waals surface area contributed by atoms with E-state index in [9.17, 15) is 32.7 Å². The SMILES string of the molecule is COc1ccc(C(C)(NC[C@@H](O[Si](C)(C)C(C)(C)C)c2ccc(O)c(NS(C)(=O)=O)c2)C(=O)Nc2ccc(CP(=O)(O)O)cc2)cc1. The molecule has 3 rings (SSSR count). The van der Waals surface area contributed by atoms with Crippen molar-refractivity contribution >= 4 is 43.2 Å². The van der Waals surface area contributed by atoms with Crippen molar-refractivity contribution in [1.29, 1.82) is 0 Å². The van der Waals surface area contributed by atoms with E-state index >= 15 is 0 Å². The third kappa shape index (κ3) is 10.6. The van der Waals surface area contributed by atoms with Gasteiger partial charge in [0.1, 0.15) is 17.0 Å². The van der Waals surface area contributed by atoms with Crippen LogP contribution in [0.1, 0.15) is 50.5 Å². The highest BCUT2D eigenvalue weighted by Crippen LogP contribution is 2.41. The maximum atomic E-state index is 14.1. The summed E-state index contributed by atoms with van der Waals surface area (Å²) in [4.78, 5) is 32.7. The van der Waals surface area contributed by atoms with Crippen LogP contribution in [-0.2, 0) is 35.5 Å². The molecule has 1 unspecified atom stereocenters. The number of amides is 1. The molecule has 0 bridgehead atoms. The van der Waals surface area contributed by atoms with Crippen LogP contribution in [0.15, 0.2) is 66.7 Å². The summed E-state index contributed by atoms with van der Waals surface area (Å²) in [5, 5.41) is 16.5. The molecule has 1 amide bonds. The van der Waals surface area contributed by atoms with E-state index in [0.717, 1.165) is 6.26 Å². The van der Waals surface area contributed by atoms with E-state index in [1.54, 1.807) is 68.6 Å². The molecule has 3 aromatic carbocycles. The van der Waals surface area contributed by atoms with E-state index in [4.69, 9.17) is 9.16 Å². The fourth-order valence-corrected chi connectivity index (χ4v) is 7.05. The molecule has 3 aromatic rings. The number of carbonyl (C=O) groups excluding carboxylic acids is 1. The number of sulfonamides is 1. The van der Waals surface area contributed by atoms with E-state index in [1.165, 1.54) is 12.1 Å². The Bertz CT molecular complexity index is 1710. The van der Waals surface area contributed by atoms with Crippen molar-refractivity contribution in [1.82, 2.24) is 5.32 Å². The van der Waals surface area contributed by atoms with Crippen LogP contribution in [0.2, 0.25) is 18.1 Å². The molecule has 6 N–H and O–H groups in total. The second kappa shape index (κ2) is 14.5. The maximum absolute atomic E-state index is 14.1. The first-order valence-electron chi connectivity index (χ1n) is 14.9. The van der Waals surface area contributed by atoms with Gasteiger partial charge in [-0.15, -0.1) is 0 Å². The van der Waals surface area contributed by atoms with Gasteiger partial charge in [-0.3, -0.25) is 19.4 Å². The van der Waals surface area contributed by atoms with E-state index in [2.05, 4.69) is 49.2 Å². The van der Waals surface area contributed by atoms with Gasteiger partial charge in [-0.1, -0.05) is 51.1 Å². The molecule has 47 heavy (non-hydrogen) atoms. The number of nitrogens with one attached hydrogen (secondary N) is 3. The third-order valence-corrected chi connectivity index (χ3v) is 14.1. The van der Waals surface area contributed by atoms with E-state index in [-0.39, 0.29) is 23.0 Å². The van der Waals surface area contributed by atoms with Crippen molar-refractivity contribution in [2.45, 2.75) is 63.6 Å². The standard InChI is InChI=1S/C32H46N3O9PSSi/c1-31(2,3)47(7,8)44-29(23-11-18-28(36)27(19-23)35-46(6,41)42)20-33-32(4,24-12-16-26(43-5)17-13-24)30(37)34-25-14-9-22(10-15-25)21-45(38,39)40/h9-19,29,33,35-36H,20-21H2,1-8H3,(H,34,37)(H2,38,39,40)/t29-,32?/m1/s1. The highest BCUT2D eigenvalue weighted by atomic mass is 32.2. The summed E-state index contributed by atoms with van der Waals surface area (Å²) in [6.07, 6.45) is -0.0800. The zero-order valence-corrected chi connectivity index (χ0v) is 30.7. The first-order chi connectivity index (χ1) is 21.5. The summed E-state index contributed by atoms with van der Waals surface area (Å²) in [6.45, 7) is 12.3. The Morgan fingerprint density at radius 3 is 2.09 bits per heavy atom. The molecular weight excluding hydrogens is 661 g/mol. The number of anilines is 2. The van der Waals surface area contributed by atoms with Crippen molar-refractivity contribution in [3.63, 3.8) is 0 Å². The molecule has 0 heterocycles. The Morgan fingerprint density at radius 2 is 1.57 bits per heavy atom. The Balaban J connectivity index is 2.03. The summed E-state index contributed by atoms with van der Waals surface area (Å²) in [5.74, 6) is -0.0552. The summed E-state index contributed by atoms with van der Waals surface area (Å²) >= 11 is 0. The Hall–Kier alpha value is -3.23. The molecule has 0 radical (unpaired) electrons. The average Bonchev–Trinajstić information content (AvgIpc) is 2.95. The monoisotopic (exact) mass is 707 g/mol. The number of hydrogen-bond acceptors (Lipinski definition) is 8. The largest absolute Gasteiger partial charge is 0.506 e. The van der Waals surface area contributed by atoms with Gasteiger partial charge in [0.15, 0.2) is 8.32 Å². The number of carbonyl (C=O) groups is 1. The average molecular weight is 708 g/mol. The van der Waals surface area contributed by atoms with Crippen molar-refractivity contribution in [3.05, 3.63) is 83.4 Å². The lowest BCUT2D eigenvalue weighted by atomic mass is 9.90. The number of phenols is 1. The minimum Gasteiger partial charge on any atom is -0.506 e. The normalized spacial score (nSPS) is 14.6. The van der Waals surface area contributed by atoms with Gasteiger partial charge in [-0.25, -0.2) is 8.42 Å². The van der Waals surface area contributed by atoms with Crippen LogP contribution in [0.25, 0.3) is 0 Å². The molecule has 0 saturated carbocycles. The Morgan fingerprint density at radius 1 is 0.979 bits per heavy atom. The minimum absolute atomic E-state index is 0.00619.